The van der Waals surface area contributed by atoms with Crippen molar-refractivity contribution in [1.82, 2.24) is 0 Å². The molecule has 0 aromatic carbocycles. The Morgan fingerprint density at radius 3 is 2.68 bits per heavy atom. The van der Waals surface area contributed by atoms with Gasteiger partial charge < -0.3 is 24.4 Å². The third kappa shape index (κ3) is 2.26. The Bertz CT molecular complexity index is 1050. The van der Waals surface area contributed by atoms with Gasteiger partial charge in [0, 0.05) is 11.8 Å². The van der Waals surface area contributed by atoms with E-state index in [0.29, 0.717) is 12.3 Å². The number of carbonyl (C=O) groups is 1. The lowest BCUT2D eigenvalue weighted by Gasteiger charge is -2.52. The minimum atomic E-state index is -0.950. The van der Waals surface area contributed by atoms with Crippen LogP contribution < -0.4 is 0 Å². The average molecular weight is 471 g/mol. The first-order valence-electron chi connectivity index (χ1n) is 13.3. The maximum Gasteiger partial charge on any atom is 0.186 e. The van der Waals surface area contributed by atoms with Crippen molar-refractivity contribution in [3.8, 4) is 0 Å². The molecule has 7 rings (SSSR count). The van der Waals surface area contributed by atoms with E-state index in [2.05, 4.69) is 27.7 Å². The van der Waals surface area contributed by atoms with Gasteiger partial charge in [0.15, 0.2) is 12.1 Å². The van der Waals surface area contributed by atoms with E-state index in [-0.39, 0.29) is 41.0 Å². The monoisotopic (exact) mass is 470 g/mol. The molecular weight excluding hydrogens is 432 g/mol. The van der Waals surface area contributed by atoms with Gasteiger partial charge in [-0.25, -0.2) is 0 Å². The van der Waals surface area contributed by atoms with Gasteiger partial charge >= 0.3 is 0 Å². The first-order valence-corrected chi connectivity index (χ1v) is 13.3. The average Bonchev–Trinajstić information content (AvgIpc) is 3.61. The lowest BCUT2D eigenvalue weighted by Crippen LogP contribution is -2.57. The number of rotatable bonds is 2. The first kappa shape index (κ1) is 22.2. The predicted octanol–water partition coefficient (Wildman–Crippen LogP) is 3.45. The topological polar surface area (TPSA) is 91.8 Å². The second kappa shape index (κ2) is 6.25. The second-order valence-electron chi connectivity index (χ2n) is 13.1. The van der Waals surface area contributed by atoms with Crippen LogP contribution in [0.4, 0.5) is 0 Å². The van der Waals surface area contributed by atoms with Gasteiger partial charge in [-0.2, -0.15) is 0 Å². The van der Waals surface area contributed by atoms with Gasteiger partial charge in [-0.3, -0.25) is 4.79 Å². The van der Waals surface area contributed by atoms with Gasteiger partial charge in [0.25, 0.3) is 0 Å². The van der Waals surface area contributed by atoms with Crippen molar-refractivity contribution in [1.29, 1.82) is 0 Å². The van der Waals surface area contributed by atoms with Crippen LogP contribution in [-0.2, 0) is 19.0 Å². The minimum Gasteiger partial charge on any atom is -0.392 e. The molecule has 7 aliphatic rings. The molecule has 12 atom stereocenters. The summed E-state index contributed by atoms with van der Waals surface area (Å²) >= 11 is 0. The van der Waals surface area contributed by atoms with E-state index < -0.39 is 28.8 Å². The van der Waals surface area contributed by atoms with Crippen molar-refractivity contribution < 1.29 is 29.2 Å². The number of hydrogen-bond acceptors (Lipinski definition) is 6. The maximum atomic E-state index is 13.3. The van der Waals surface area contributed by atoms with Crippen LogP contribution in [0.2, 0.25) is 0 Å². The van der Waals surface area contributed by atoms with Crippen molar-refractivity contribution in [2.75, 3.05) is 0 Å². The summed E-state index contributed by atoms with van der Waals surface area (Å²) in [6, 6.07) is 0. The zero-order valence-electron chi connectivity index (χ0n) is 21.0. The van der Waals surface area contributed by atoms with E-state index in [1.54, 1.807) is 6.08 Å². The number of fused-ring (bicyclic) bond motifs is 4. The van der Waals surface area contributed by atoms with Gasteiger partial charge in [0.1, 0.15) is 16.8 Å². The molecule has 186 valence electrons. The fourth-order valence-electron chi connectivity index (χ4n) is 9.38. The summed E-state index contributed by atoms with van der Waals surface area (Å²) in [6.45, 7) is 10.5. The zero-order chi connectivity index (χ0) is 24.1. The number of carbonyl (C=O) groups excluding carboxylic acids is 1. The Morgan fingerprint density at radius 2 is 1.94 bits per heavy atom. The van der Waals surface area contributed by atoms with Gasteiger partial charge in [0.2, 0.25) is 0 Å². The number of allylic oxidation sites excluding steroid dienone is 1. The van der Waals surface area contributed by atoms with E-state index in [9.17, 15) is 15.0 Å². The molecule has 0 aromatic heterocycles. The molecule has 1 spiro atoms. The number of ketones is 1. The lowest BCUT2D eigenvalue weighted by atomic mass is 9.49. The molecule has 0 bridgehead atoms. The molecule has 0 aromatic rings. The smallest absolute Gasteiger partial charge is 0.186 e. The quantitative estimate of drug-likeness (QED) is 0.475. The number of aliphatic hydroxyl groups is 2. The molecule has 0 amide bonds. The summed E-state index contributed by atoms with van der Waals surface area (Å²) in [7, 11) is 0. The van der Waals surface area contributed by atoms with Crippen LogP contribution in [0.15, 0.2) is 23.3 Å². The van der Waals surface area contributed by atoms with Crippen molar-refractivity contribution in [3.63, 3.8) is 0 Å². The first-order chi connectivity index (χ1) is 15.9. The summed E-state index contributed by atoms with van der Waals surface area (Å²) in [5.41, 5.74) is 0.555. The molecule has 1 saturated carbocycles. The van der Waals surface area contributed by atoms with Crippen LogP contribution >= 0.6 is 0 Å². The molecule has 0 radical (unpaired) electrons. The lowest BCUT2D eigenvalue weighted by molar-refractivity contribution is -0.206. The van der Waals surface area contributed by atoms with E-state index in [4.69, 9.17) is 14.2 Å². The molecule has 2 N–H and O–H groups in total. The van der Waals surface area contributed by atoms with E-state index in [0.717, 1.165) is 32.1 Å². The standard InChI is InChI=1S/C28H38O6/c1-14(19-13-24(2)27(5,34-24)23(31)32-19)25(3)17-8-9-18-16(15(17)11-21(25)30)12-22-28(33-22)10-6-7-20(29)26(18,28)4/h6-7,14,16,18-19,21-23,30-31H,8-13H2,1-5H3/t14-,16+,18+,19?,21-,22+,23-,24+,25+,26+,27-,28+/m1/s1. The van der Waals surface area contributed by atoms with Crippen molar-refractivity contribution in [2.45, 2.75) is 115 Å². The highest BCUT2D eigenvalue weighted by Crippen LogP contribution is 2.71. The molecule has 6 nitrogen and oxygen atoms in total. The Kier molecular flexibility index (Phi) is 4.08. The molecule has 3 heterocycles. The van der Waals surface area contributed by atoms with Crippen LogP contribution in [0.5, 0.6) is 0 Å². The molecule has 6 heteroatoms. The number of aliphatic hydroxyl groups excluding tert-OH is 2. The fraction of sp³-hybridized carbons (Fsp3) is 0.821. The third-order valence-corrected chi connectivity index (χ3v) is 12.2. The van der Waals surface area contributed by atoms with Crippen LogP contribution in [0.1, 0.15) is 73.1 Å². The fourth-order valence-corrected chi connectivity index (χ4v) is 9.38. The molecule has 34 heavy (non-hydrogen) atoms. The molecule has 4 aliphatic carbocycles. The molecule has 4 fully saturated rings. The Balaban J connectivity index is 1.23. The normalized spacial score (nSPS) is 60.0. The van der Waals surface area contributed by atoms with Crippen molar-refractivity contribution >= 4 is 5.78 Å². The molecule has 3 aliphatic heterocycles. The summed E-state index contributed by atoms with van der Waals surface area (Å²) < 4.78 is 18.4. The van der Waals surface area contributed by atoms with Gasteiger partial charge in [-0.15, -0.1) is 0 Å². The SMILES string of the molecule is C[C@H](C1C[C@]2(C)O[C@]2(C)[C@H](O)O1)[C@@]1(C)C2=C(C[C@H]1O)[C@@H]1C[C@@H]3O[C@@]34CC=CC(=O)[C@]4(C)[C@H]1CC2. The van der Waals surface area contributed by atoms with Crippen LogP contribution in [0.25, 0.3) is 0 Å². The molecule has 3 saturated heterocycles. The number of epoxide rings is 2. The summed E-state index contributed by atoms with van der Waals surface area (Å²) in [5.74, 6) is 0.805. The van der Waals surface area contributed by atoms with Crippen LogP contribution in [-0.4, -0.2) is 57.4 Å². The number of ether oxygens (including phenoxy) is 3. The minimum absolute atomic E-state index is 0.0291. The largest absolute Gasteiger partial charge is 0.392 e. The molecule has 1 unspecified atom stereocenters. The Labute approximate surface area is 201 Å². The maximum absolute atomic E-state index is 13.3. The van der Waals surface area contributed by atoms with E-state index in [1.807, 2.05) is 13.0 Å². The van der Waals surface area contributed by atoms with E-state index in [1.165, 1.54) is 11.1 Å². The van der Waals surface area contributed by atoms with Gasteiger partial charge in [-0.1, -0.05) is 31.1 Å². The van der Waals surface area contributed by atoms with Crippen molar-refractivity contribution in [3.05, 3.63) is 23.3 Å². The molecular formula is C28H38O6. The Morgan fingerprint density at radius 1 is 1.18 bits per heavy atom. The summed E-state index contributed by atoms with van der Waals surface area (Å²) in [6.07, 6.45) is 7.35. The third-order valence-electron chi connectivity index (χ3n) is 12.2. The zero-order valence-corrected chi connectivity index (χ0v) is 21.0. The second-order valence-corrected chi connectivity index (χ2v) is 13.1. The van der Waals surface area contributed by atoms with Crippen LogP contribution in [0, 0.1) is 28.6 Å². The van der Waals surface area contributed by atoms with Crippen LogP contribution in [0.3, 0.4) is 0 Å². The van der Waals surface area contributed by atoms with Crippen molar-refractivity contribution in [2.24, 2.45) is 28.6 Å². The predicted molar refractivity (Wildman–Crippen MR) is 124 cm³/mol. The van der Waals surface area contributed by atoms with Gasteiger partial charge in [0.05, 0.1) is 23.7 Å². The highest BCUT2D eigenvalue weighted by molar-refractivity contribution is 5.97. The number of hydrogen-bond donors (Lipinski definition) is 2. The summed E-state index contributed by atoms with van der Waals surface area (Å²) in [5, 5.41) is 22.2. The highest BCUT2D eigenvalue weighted by atomic mass is 16.7. The Hall–Kier alpha value is -1.05. The van der Waals surface area contributed by atoms with E-state index >= 15 is 0 Å². The van der Waals surface area contributed by atoms with Gasteiger partial charge in [-0.05, 0) is 76.7 Å². The summed E-state index contributed by atoms with van der Waals surface area (Å²) in [4.78, 5) is 13.3. The highest BCUT2D eigenvalue weighted by Gasteiger charge is 2.77.